The Balaban J connectivity index is 1.77. The molecule has 0 aliphatic carbocycles. The average Bonchev–Trinajstić information content (AvgIpc) is 2.95. The average molecular weight is 476 g/mol. The summed E-state index contributed by atoms with van der Waals surface area (Å²) in [5, 5.41) is 8.97. The first-order chi connectivity index (χ1) is 13.9. The maximum Gasteiger partial charge on any atom is 0.272 e. The molecule has 150 valence electrons. The summed E-state index contributed by atoms with van der Waals surface area (Å²) >= 11 is 9.58. The second kappa shape index (κ2) is 9.24. The van der Waals surface area contributed by atoms with Crippen molar-refractivity contribution in [2.45, 2.75) is 20.4 Å². The lowest BCUT2D eigenvalue weighted by molar-refractivity contribution is 0.0955. The standard InChI is InChI=1S/C21H20BrClN4O2/c1-13-20(22)14(2)27(26-13)12-16-10-15(8-9-19(16)29-3)11-24-25-21(28)17-6-4-5-7-18(17)23/h4-11H,12H2,1-3H3,(H,25,28). The molecule has 0 bridgehead atoms. The zero-order chi connectivity index (χ0) is 21.0. The van der Waals surface area contributed by atoms with Crippen LogP contribution in [0.25, 0.3) is 0 Å². The van der Waals surface area contributed by atoms with Gasteiger partial charge in [0.1, 0.15) is 5.75 Å². The van der Waals surface area contributed by atoms with Crippen LogP contribution in [0.15, 0.2) is 52.0 Å². The molecule has 0 atom stereocenters. The Kier molecular flexibility index (Phi) is 6.71. The monoisotopic (exact) mass is 474 g/mol. The van der Waals surface area contributed by atoms with Gasteiger partial charge < -0.3 is 4.74 Å². The lowest BCUT2D eigenvalue weighted by atomic mass is 10.1. The number of aromatic nitrogens is 2. The van der Waals surface area contributed by atoms with Gasteiger partial charge in [-0.15, -0.1) is 0 Å². The van der Waals surface area contributed by atoms with E-state index >= 15 is 0 Å². The molecule has 3 rings (SSSR count). The summed E-state index contributed by atoms with van der Waals surface area (Å²) in [6, 6.07) is 12.5. The number of amides is 1. The van der Waals surface area contributed by atoms with E-state index in [1.54, 1.807) is 37.6 Å². The summed E-state index contributed by atoms with van der Waals surface area (Å²) in [5.41, 5.74) is 6.61. The highest BCUT2D eigenvalue weighted by molar-refractivity contribution is 9.10. The van der Waals surface area contributed by atoms with Crippen LogP contribution in [0.5, 0.6) is 5.75 Å². The number of aryl methyl sites for hydroxylation is 1. The van der Waals surface area contributed by atoms with Gasteiger partial charge in [0, 0.05) is 5.56 Å². The van der Waals surface area contributed by atoms with Crippen molar-refractivity contribution < 1.29 is 9.53 Å². The number of rotatable bonds is 6. The number of carbonyl (C=O) groups excluding carboxylic acids is 1. The molecule has 0 saturated heterocycles. The number of hydrazone groups is 1. The van der Waals surface area contributed by atoms with Gasteiger partial charge in [0.2, 0.25) is 0 Å². The number of nitrogens with zero attached hydrogens (tertiary/aromatic N) is 3. The third-order valence-electron chi connectivity index (χ3n) is 4.42. The molecule has 0 aliphatic heterocycles. The SMILES string of the molecule is COc1ccc(C=NNC(=O)c2ccccc2Cl)cc1Cn1nc(C)c(Br)c1C. The highest BCUT2D eigenvalue weighted by atomic mass is 79.9. The minimum absolute atomic E-state index is 0.368. The van der Waals surface area contributed by atoms with E-state index in [-0.39, 0.29) is 5.91 Å². The minimum Gasteiger partial charge on any atom is -0.496 e. The summed E-state index contributed by atoms with van der Waals surface area (Å²) in [7, 11) is 1.63. The summed E-state index contributed by atoms with van der Waals surface area (Å²) < 4.78 is 8.39. The molecule has 2 aromatic carbocycles. The first-order valence-electron chi connectivity index (χ1n) is 8.85. The third kappa shape index (κ3) is 4.86. The van der Waals surface area contributed by atoms with Crippen LogP contribution in [-0.4, -0.2) is 29.0 Å². The summed E-state index contributed by atoms with van der Waals surface area (Å²) in [6.45, 7) is 4.51. The fourth-order valence-electron chi connectivity index (χ4n) is 2.86. The predicted molar refractivity (Wildman–Crippen MR) is 118 cm³/mol. The number of methoxy groups -OCH3 is 1. The van der Waals surface area contributed by atoms with Gasteiger partial charge in [-0.1, -0.05) is 23.7 Å². The number of halogens is 2. The van der Waals surface area contributed by atoms with E-state index in [1.165, 1.54) is 0 Å². The largest absolute Gasteiger partial charge is 0.496 e. The van der Waals surface area contributed by atoms with E-state index < -0.39 is 0 Å². The van der Waals surface area contributed by atoms with Crippen LogP contribution in [0, 0.1) is 13.8 Å². The smallest absolute Gasteiger partial charge is 0.272 e. The van der Waals surface area contributed by atoms with E-state index in [1.807, 2.05) is 36.7 Å². The third-order valence-corrected chi connectivity index (χ3v) is 5.89. The van der Waals surface area contributed by atoms with Crippen molar-refractivity contribution in [3.63, 3.8) is 0 Å². The van der Waals surface area contributed by atoms with Gasteiger partial charge >= 0.3 is 0 Å². The second-order valence-corrected chi connectivity index (χ2v) is 7.59. The first-order valence-corrected chi connectivity index (χ1v) is 10.0. The Hall–Kier alpha value is -2.64. The molecule has 29 heavy (non-hydrogen) atoms. The maximum absolute atomic E-state index is 12.2. The molecular formula is C21H20BrClN4O2. The van der Waals surface area contributed by atoms with E-state index in [0.717, 1.165) is 32.7 Å². The molecule has 8 heteroatoms. The fraction of sp³-hybridized carbons (Fsp3) is 0.190. The Morgan fingerprint density at radius 2 is 2.07 bits per heavy atom. The van der Waals surface area contributed by atoms with Gasteiger partial charge in [-0.2, -0.15) is 10.2 Å². The normalized spacial score (nSPS) is 11.1. The molecule has 6 nitrogen and oxygen atoms in total. The summed E-state index contributed by atoms with van der Waals surface area (Å²) in [5.74, 6) is 0.388. The Morgan fingerprint density at radius 3 is 2.72 bits per heavy atom. The molecule has 0 fully saturated rings. The van der Waals surface area contributed by atoms with Crippen LogP contribution in [0.4, 0.5) is 0 Å². The van der Waals surface area contributed by atoms with E-state index in [9.17, 15) is 4.79 Å². The zero-order valence-corrected chi connectivity index (χ0v) is 18.6. The molecule has 3 aromatic rings. The number of hydrogen-bond acceptors (Lipinski definition) is 4. The summed E-state index contributed by atoms with van der Waals surface area (Å²) in [4.78, 5) is 12.2. The highest BCUT2D eigenvalue weighted by Crippen LogP contribution is 2.24. The van der Waals surface area contributed by atoms with E-state index in [0.29, 0.717) is 17.1 Å². The Labute approximate surface area is 182 Å². The van der Waals surface area contributed by atoms with Crippen LogP contribution >= 0.6 is 27.5 Å². The molecule has 1 aromatic heterocycles. The molecule has 0 saturated carbocycles. The van der Waals surface area contributed by atoms with Crippen molar-refractivity contribution in [2.75, 3.05) is 7.11 Å². The zero-order valence-electron chi connectivity index (χ0n) is 16.2. The van der Waals surface area contributed by atoms with Crippen LogP contribution in [0.2, 0.25) is 5.02 Å². The topological polar surface area (TPSA) is 68.5 Å². The van der Waals surface area contributed by atoms with Gasteiger partial charge in [-0.3, -0.25) is 9.48 Å². The molecule has 1 heterocycles. The quantitative estimate of drug-likeness (QED) is 0.414. The molecular weight excluding hydrogens is 456 g/mol. The molecule has 0 spiro atoms. The van der Waals surface area contributed by atoms with E-state index in [2.05, 4.69) is 31.6 Å². The molecule has 1 N–H and O–H groups in total. The molecule has 1 amide bonds. The van der Waals surface area contributed by atoms with Gasteiger partial charge in [0.05, 0.1) is 46.3 Å². The van der Waals surface area contributed by atoms with Gasteiger partial charge in [-0.25, -0.2) is 5.43 Å². The lowest BCUT2D eigenvalue weighted by Crippen LogP contribution is -2.18. The van der Waals surface area contributed by atoms with Crippen molar-refractivity contribution >= 4 is 39.7 Å². The second-order valence-electron chi connectivity index (χ2n) is 6.39. The molecule has 0 unspecified atom stereocenters. The van der Waals surface area contributed by atoms with Crippen LogP contribution in [0.3, 0.4) is 0 Å². The number of hydrogen-bond donors (Lipinski definition) is 1. The number of ether oxygens (including phenoxy) is 1. The first kappa shape index (κ1) is 21.1. The highest BCUT2D eigenvalue weighted by Gasteiger charge is 2.12. The number of carbonyl (C=O) groups is 1. The lowest BCUT2D eigenvalue weighted by Gasteiger charge is -2.11. The van der Waals surface area contributed by atoms with Crippen molar-refractivity contribution in [3.8, 4) is 5.75 Å². The van der Waals surface area contributed by atoms with Crippen molar-refractivity contribution in [1.82, 2.24) is 15.2 Å². The summed E-state index contributed by atoms with van der Waals surface area (Å²) in [6.07, 6.45) is 1.58. The predicted octanol–water partition coefficient (Wildman–Crippen LogP) is 4.74. The molecule has 0 radical (unpaired) electrons. The Morgan fingerprint density at radius 1 is 1.31 bits per heavy atom. The minimum atomic E-state index is -0.368. The number of nitrogens with one attached hydrogen (secondary N) is 1. The van der Waals surface area contributed by atoms with Crippen LogP contribution < -0.4 is 10.2 Å². The van der Waals surface area contributed by atoms with Crippen LogP contribution in [0.1, 0.15) is 32.9 Å². The van der Waals surface area contributed by atoms with Gasteiger partial charge in [0.25, 0.3) is 5.91 Å². The fourth-order valence-corrected chi connectivity index (χ4v) is 3.37. The van der Waals surface area contributed by atoms with Gasteiger partial charge in [0.15, 0.2) is 0 Å². The maximum atomic E-state index is 12.2. The Bertz CT molecular complexity index is 1080. The van der Waals surface area contributed by atoms with E-state index in [4.69, 9.17) is 16.3 Å². The van der Waals surface area contributed by atoms with Crippen molar-refractivity contribution in [3.05, 3.63) is 80.0 Å². The van der Waals surface area contributed by atoms with Gasteiger partial charge in [-0.05, 0) is 65.7 Å². The van der Waals surface area contributed by atoms with Crippen LogP contribution in [-0.2, 0) is 6.54 Å². The molecule has 0 aliphatic rings. The number of benzene rings is 2. The van der Waals surface area contributed by atoms with Crippen molar-refractivity contribution in [1.29, 1.82) is 0 Å². The van der Waals surface area contributed by atoms with Crippen molar-refractivity contribution in [2.24, 2.45) is 5.10 Å².